The molecule has 5 heteroatoms. The quantitative estimate of drug-likeness (QED) is 0.778. The minimum absolute atomic E-state index is 0.0126. The summed E-state index contributed by atoms with van der Waals surface area (Å²) < 4.78 is 31.0. The van der Waals surface area contributed by atoms with Crippen LogP contribution in [0, 0.1) is 23.0 Å². The molecule has 1 unspecified atom stereocenters. The molecule has 1 rings (SSSR count). The number of methoxy groups -OCH3 is 1. The minimum Gasteiger partial charge on any atom is -0.383 e. The van der Waals surface area contributed by atoms with Gasteiger partial charge >= 0.3 is 0 Å². The van der Waals surface area contributed by atoms with Gasteiger partial charge in [0.2, 0.25) is 0 Å². The van der Waals surface area contributed by atoms with E-state index >= 15 is 0 Å². The van der Waals surface area contributed by atoms with Crippen molar-refractivity contribution in [2.24, 2.45) is 0 Å². The van der Waals surface area contributed by atoms with Crippen molar-refractivity contribution in [1.29, 1.82) is 5.26 Å². The monoisotopic (exact) mass is 226 g/mol. The molecule has 0 bridgehead atoms. The van der Waals surface area contributed by atoms with Gasteiger partial charge in [-0.2, -0.15) is 5.26 Å². The lowest BCUT2D eigenvalue weighted by atomic mass is 10.1. The summed E-state index contributed by atoms with van der Waals surface area (Å²) >= 11 is 0. The standard InChI is InChI=1S/C11H12F2N2O/c1-16-5-4-15-11(7-14)9-6-8(12)2-3-10(9)13/h2-3,6,11,15H,4-5H2,1H3. The Labute approximate surface area is 92.6 Å². The molecule has 0 heterocycles. The molecule has 0 aromatic heterocycles. The number of benzene rings is 1. The summed E-state index contributed by atoms with van der Waals surface area (Å²) in [6.45, 7) is 0.791. The van der Waals surface area contributed by atoms with Crippen LogP contribution in [-0.2, 0) is 4.74 Å². The fourth-order valence-corrected chi connectivity index (χ4v) is 1.27. The van der Waals surface area contributed by atoms with E-state index in [0.29, 0.717) is 13.2 Å². The topological polar surface area (TPSA) is 45.0 Å². The van der Waals surface area contributed by atoms with Gasteiger partial charge in [-0.05, 0) is 18.2 Å². The second-order valence-corrected chi connectivity index (χ2v) is 3.17. The molecule has 1 atom stereocenters. The van der Waals surface area contributed by atoms with Crippen molar-refractivity contribution >= 4 is 0 Å². The summed E-state index contributed by atoms with van der Waals surface area (Å²) in [5.41, 5.74) is 0.0126. The van der Waals surface area contributed by atoms with Crippen LogP contribution in [0.5, 0.6) is 0 Å². The van der Waals surface area contributed by atoms with Crippen LogP contribution >= 0.6 is 0 Å². The number of nitrogens with one attached hydrogen (secondary N) is 1. The molecule has 0 fully saturated rings. The Morgan fingerprint density at radius 3 is 2.88 bits per heavy atom. The lowest BCUT2D eigenvalue weighted by molar-refractivity contribution is 0.197. The van der Waals surface area contributed by atoms with E-state index in [4.69, 9.17) is 10.00 Å². The van der Waals surface area contributed by atoms with Gasteiger partial charge in [-0.25, -0.2) is 8.78 Å². The van der Waals surface area contributed by atoms with Gasteiger partial charge in [-0.1, -0.05) is 0 Å². The van der Waals surface area contributed by atoms with E-state index in [1.54, 1.807) is 0 Å². The van der Waals surface area contributed by atoms with E-state index in [1.165, 1.54) is 7.11 Å². The Bertz CT molecular complexity index is 390. The number of rotatable bonds is 5. The summed E-state index contributed by atoms with van der Waals surface area (Å²) in [5.74, 6) is -1.16. The molecule has 1 aromatic carbocycles. The highest BCUT2D eigenvalue weighted by molar-refractivity contribution is 5.26. The SMILES string of the molecule is COCCNC(C#N)c1cc(F)ccc1F. The second kappa shape index (κ2) is 6.16. The van der Waals surface area contributed by atoms with Crippen LogP contribution in [0.2, 0.25) is 0 Å². The molecule has 0 spiro atoms. The average molecular weight is 226 g/mol. The highest BCUT2D eigenvalue weighted by atomic mass is 19.1. The smallest absolute Gasteiger partial charge is 0.129 e. The molecule has 1 aromatic rings. The highest BCUT2D eigenvalue weighted by Gasteiger charge is 2.15. The van der Waals surface area contributed by atoms with E-state index in [1.807, 2.05) is 6.07 Å². The van der Waals surface area contributed by atoms with Crippen LogP contribution in [0.4, 0.5) is 8.78 Å². The summed E-state index contributed by atoms with van der Waals surface area (Å²) in [5, 5.41) is 11.6. The predicted octanol–water partition coefficient (Wildman–Crippen LogP) is 1.77. The van der Waals surface area contributed by atoms with E-state index in [-0.39, 0.29) is 5.56 Å². The van der Waals surface area contributed by atoms with Gasteiger partial charge in [0, 0.05) is 19.2 Å². The molecule has 0 amide bonds. The second-order valence-electron chi connectivity index (χ2n) is 3.17. The fourth-order valence-electron chi connectivity index (χ4n) is 1.27. The van der Waals surface area contributed by atoms with Crippen LogP contribution in [0.3, 0.4) is 0 Å². The molecule has 0 aliphatic rings. The molecule has 16 heavy (non-hydrogen) atoms. The van der Waals surface area contributed by atoms with Crippen LogP contribution in [0.25, 0.3) is 0 Å². The van der Waals surface area contributed by atoms with Crippen molar-refractivity contribution in [3.8, 4) is 6.07 Å². The van der Waals surface area contributed by atoms with E-state index in [0.717, 1.165) is 18.2 Å². The number of halogens is 2. The van der Waals surface area contributed by atoms with E-state index in [9.17, 15) is 8.78 Å². The molecule has 3 nitrogen and oxygen atoms in total. The highest BCUT2D eigenvalue weighted by Crippen LogP contribution is 2.17. The third kappa shape index (κ3) is 3.26. The predicted molar refractivity (Wildman–Crippen MR) is 54.6 cm³/mol. The minimum atomic E-state index is -0.870. The first-order valence-corrected chi connectivity index (χ1v) is 4.76. The van der Waals surface area contributed by atoms with E-state index < -0.39 is 17.7 Å². The number of nitrogens with zero attached hydrogens (tertiary/aromatic N) is 1. The Kier molecular flexibility index (Phi) is 4.83. The number of nitriles is 1. The maximum atomic E-state index is 13.3. The normalized spacial score (nSPS) is 12.1. The molecule has 86 valence electrons. The molecule has 0 saturated heterocycles. The summed E-state index contributed by atoms with van der Waals surface area (Å²) in [6, 6.07) is 4.04. The average Bonchev–Trinajstić information content (AvgIpc) is 2.28. The third-order valence-corrected chi connectivity index (χ3v) is 2.05. The Morgan fingerprint density at radius 1 is 1.50 bits per heavy atom. The van der Waals surface area contributed by atoms with Crippen LogP contribution in [0.1, 0.15) is 11.6 Å². The van der Waals surface area contributed by atoms with Gasteiger partial charge in [0.1, 0.15) is 17.7 Å². The van der Waals surface area contributed by atoms with Gasteiger partial charge in [-0.15, -0.1) is 0 Å². The molecule has 0 saturated carbocycles. The molecule has 0 aliphatic heterocycles. The van der Waals surface area contributed by atoms with E-state index in [2.05, 4.69) is 5.32 Å². The Balaban J connectivity index is 2.79. The number of ether oxygens (including phenoxy) is 1. The summed E-state index contributed by atoms with van der Waals surface area (Å²) in [4.78, 5) is 0. The zero-order valence-corrected chi connectivity index (χ0v) is 8.84. The lowest BCUT2D eigenvalue weighted by Crippen LogP contribution is -2.24. The maximum absolute atomic E-state index is 13.3. The van der Waals surface area contributed by atoms with Gasteiger partial charge < -0.3 is 4.74 Å². The van der Waals surface area contributed by atoms with Gasteiger partial charge in [-0.3, -0.25) is 5.32 Å². The molecular weight excluding hydrogens is 214 g/mol. The van der Waals surface area contributed by atoms with Gasteiger partial charge in [0.15, 0.2) is 0 Å². The Morgan fingerprint density at radius 2 is 2.25 bits per heavy atom. The molecule has 0 radical (unpaired) electrons. The molecule has 1 N–H and O–H groups in total. The van der Waals surface area contributed by atoms with Crippen molar-refractivity contribution in [3.05, 3.63) is 35.4 Å². The Hall–Kier alpha value is -1.51. The first-order chi connectivity index (χ1) is 7.69. The van der Waals surface area contributed by atoms with Crippen molar-refractivity contribution in [1.82, 2.24) is 5.32 Å². The van der Waals surface area contributed by atoms with Gasteiger partial charge in [0.05, 0.1) is 12.7 Å². The first-order valence-electron chi connectivity index (χ1n) is 4.76. The van der Waals surface area contributed by atoms with Crippen LogP contribution < -0.4 is 5.32 Å². The number of hydrogen-bond donors (Lipinski definition) is 1. The fraction of sp³-hybridized carbons (Fsp3) is 0.364. The van der Waals surface area contributed by atoms with Crippen molar-refractivity contribution in [3.63, 3.8) is 0 Å². The van der Waals surface area contributed by atoms with Gasteiger partial charge in [0.25, 0.3) is 0 Å². The molecule has 0 aliphatic carbocycles. The van der Waals surface area contributed by atoms with Crippen molar-refractivity contribution in [2.75, 3.05) is 20.3 Å². The summed E-state index contributed by atoms with van der Waals surface area (Å²) in [6.07, 6.45) is 0. The largest absolute Gasteiger partial charge is 0.383 e. The first kappa shape index (κ1) is 12.6. The number of hydrogen-bond acceptors (Lipinski definition) is 3. The van der Waals surface area contributed by atoms with Crippen LogP contribution in [-0.4, -0.2) is 20.3 Å². The molecular formula is C11H12F2N2O. The summed E-state index contributed by atoms with van der Waals surface area (Å²) in [7, 11) is 1.52. The zero-order chi connectivity index (χ0) is 12.0. The van der Waals surface area contributed by atoms with Crippen LogP contribution in [0.15, 0.2) is 18.2 Å². The van der Waals surface area contributed by atoms with Crippen molar-refractivity contribution in [2.45, 2.75) is 6.04 Å². The third-order valence-electron chi connectivity index (χ3n) is 2.05. The maximum Gasteiger partial charge on any atom is 0.129 e. The zero-order valence-electron chi connectivity index (χ0n) is 8.84. The lowest BCUT2D eigenvalue weighted by Gasteiger charge is -2.12. The van der Waals surface area contributed by atoms with Crippen molar-refractivity contribution < 1.29 is 13.5 Å².